The molecule has 1 aliphatic rings. The van der Waals surface area contributed by atoms with Crippen molar-refractivity contribution in [1.29, 1.82) is 0 Å². The maximum Gasteiger partial charge on any atom is 0.318 e. The quantitative estimate of drug-likeness (QED) is 0.789. The number of carbonyl (C=O) groups is 2. The standard InChI is InChI=1S/C18H18ClN3O2/c1-20-18(24)22-12-8-6-11(7-9-12)21-17(23)15-10-14(15)13-4-2-3-5-16(13)19/h2-9,14-15H,10H2,1H3,(H,21,23)(H2,20,22,24). The molecule has 3 N–H and O–H groups in total. The maximum absolute atomic E-state index is 12.3. The van der Waals surface area contributed by atoms with Crippen LogP contribution < -0.4 is 16.0 Å². The van der Waals surface area contributed by atoms with Crippen molar-refractivity contribution in [3.63, 3.8) is 0 Å². The molecule has 1 aliphatic carbocycles. The molecule has 5 nitrogen and oxygen atoms in total. The van der Waals surface area contributed by atoms with E-state index in [9.17, 15) is 9.59 Å². The Hall–Kier alpha value is -2.53. The molecule has 0 bridgehead atoms. The fourth-order valence-electron chi connectivity index (χ4n) is 2.67. The van der Waals surface area contributed by atoms with Crippen LogP contribution in [-0.4, -0.2) is 19.0 Å². The summed E-state index contributed by atoms with van der Waals surface area (Å²) in [5, 5.41) is 8.76. The lowest BCUT2D eigenvalue weighted by atomic mass is 10.1. The van der Waals surface area contributed by atoms with Crippen LogP contribution in [0.15, 0.2) is 48.5 Å². The van der Waals surface area contributed by atoms with Gasteiger partial charge in [0.2, 0.25) is 5.91 Å². The summed E-state index contributed by atoms with van der Waals surface area (Å²) < 4.78 is 0. The van der Waals surface area contributed by atoms with Gasteiger partial charge in [0.25, 0.3) is 0 Å². The molecule has 3 rings (SSSR count). The summed E-state index contributed by atoms with van der Waals surface area (Å²) in [4.78, 5) is 23.6. The molecule has 1 fully saturated rings. The second kappa shape index (κ2) is 6.93. The van der Waals surface area contributed by atoms with E-state index in [2.05, 4.69) is 16.0 Å². The second-order valence-corrected chi connectivity index (χ2v) is 6.15. The Morgan fingerprint density at radius 2 is 1.62 bits per heavy atom. The summed E-state index contributed by atoms with van der Waals surface area (Å²) in [5.41, 5.74) is 2.39. The van der Waals surface area contributed by atoms with E-state index in [1.165, 1.54) is 0 Å². The Morgan fingerprint density at radius 1 is 1.00 bits per heavy atom. The number of halogens is 1. The average molecular weight is 344 g/mol. The van der Waals surface area contributed by atoms with E-state index >= 15 is 0 Å². The minimum atomic E-state index is -0.285. The van der Waals surface area contributed by atoms with E-state index in [4.69, 9.17) is 11.6 Å². The molecule has 6 heteroatoms. The summed E-state index contributed by atoms with van der Waals surface area (Å²) >= 11 is 6.19. The van der Waals surface area contributed by atoms with Crippen LogP contribution in [0.4, 0.5) is 16.2 Å². The van der Waals surface area contributed by atoms with Gasteiger partial charge in [-0.3, -0.25) is 4.79 Å². The number of anilines is 2. The molecule has 2 unspecified atom stereocenters. The highest BCUT2D eigenvalue weighted by molar-refractivity contribution is 6.31. The second-order valence-electron chi connectivity index (χ2n) is 5.74. The van der Waals surface area contributed by atoms with Crippen LogP contribution in [0, 0.1) is 5.92 Å². The fourth-order valence-corrected chi connectivity index (χ4v) is 2.95. The minimum Gasteiger partial charge on any atom is -0.341 e. The zero-order chi connectivity index (χ0) is 17.1. The highest BCUT2D eigenvalue weighted by Gasteiger charge is 2.44. The van der Waals surface area contributed by atoms with Crippen LogP contribution in [0.5, 0.6) is 0 Å². The molecule has 0 saturated heterocycles. The number of benzene rings is 2. The van der Waals surface area contributed by atoms with Gasteiger partial charge in [-0.1, -0.05) is 29.8 Å². The molecular weight excluding hydrogens is 326 g/mol. The fraction of sp³-hybridized carbons (Fsp3) is 0.222. The highest BCUT2D eigenvalue weighted by atomic mass is 35.5. The van der Waals surface area contributed by atoms with Gasteiger partial charge in [-0.15, -0.1) is 0 Å². The van der Waals surface area contributed by atoms with E-state index in [0.717, 1.165) is 12.0 Å². The molecule has 2 aromatic rings. The first-order valence-corrected chi connectivity index (χ1v) is 8.10. The highest BCUT2D eigenvalue weighted by Crippen LogP contribution is 2.49. The van der Waals surface area contributed by atoms with Gasteiger partial charge < -0.3 is 16.0 Å². The first-order valence-electron chi connectivity index (χ1n) is 7.72. The number of carbonyl (C=O) groups excluding carboxylic acids is 2. The van der Waals surface area contributed by atoms with Gasteiger partial charge in [0.15, 0.2) is 0 Å². The third-order valence-electron chi connectivity index (χ3n) is 4.07. The van der Waals surface area contributed by atoms with Gasteiger partial charge in [0.05, 0.1) is 0 Å². The molecule has 0 heterocycles. The summed E-state index contributed by atoms with van der Waals surface area (Å²) in [7, 11) is 1.55. The number of amides is 3. The molecule has 0 aliphatic heterocycles. The molecule has 3 amide bonds. The minimum absolute atomic E-state index is 0.00747. The third kappa shape index (κ3) is 3.68. The first kappa shape index (κ1) is 16.3. The van der Waals surface area contributed by atoms with Crippen molar-refractivity contribution in [3.05, 3.63) is 59.1 Å². The molecule has 2 atom stereocenters. The summed E-state index contributed by atoms with van der Waals surface area (Å²) in [6.45, 7) is 0. The predicted molar refractivity (Wildman–Crippen MR) is 95.5 cm³/mol. The lowest BCUT2D eigenvalue weighted by Crippen LogP contribution is -2.24. The van der Waals surface area contributed by atoms with Gasteiger partial charge in [-0.05, 0) is 48.2 Å². The lowest BCUT2D eigenvalue weighted by molar-refractivity contribution is -0.117. The Morgan fingerprint density at radius 3 is 2.25 bits per heavy atom. The van der Waals surface area contributed by atoms with E-state index in [1.807, 2.05) is 24.3 Å². The maximum atomic E-state index is 12.3. The smallest absolute Gasteiger partial charge is 0.318 e. The predicted octanol–water partition coefficient (Wildman–Crippen LogP) is 3.83. The van der Waals surface area contributed by atoms with Crippen molar-refractivity contribution in [3.8, 4) is 0 Å². The Bertz CT molecular complexity index is 761. The van der Waals surface area contributed by atoms with E-state index in [1.54, 1.807) is 31.3 Å². The SMILES string of the molecule is CNC(=O)Nc1ccc(NC(=O)C2CC2c2ccccc2Cl)cc1. The normalized spacial score (nSPS) is 18.6. The molecule has 0 spiro atoms. The lowest BCUT2D eigenvalue weighted by Gasteiger charge is -2.08. The number of nitrogens with one attached hydrogen (secondary N) is 3. The largest absolute Gasteiger partial charge is 0.341 e. The van der Waals surface area contributed by atoms with E-state index in [-0.39, 0.29) is 23.8 Å². The number of urea groups is 1. The molecule has 24 heavy (non-hydrogen) atoms. The molecule has 124 valence electrons. The monoisotopic (exact) mass is 343 g/mol. The zero-order valence-corrected chi connectivity index (χ0v) is 13.9. The zero-order valence-electron chi connectivity index (χ0n) is 13.2. The van der Waals surface area contributed by atoms with Crippen molar-refractivity contribution in [1.82, 2.24) is 5.32 Å². The Balaban J connectivity index is 1.58. The van der Waals surface area contributed by atoms with Gasteiger partial charge in [-0.25, -0.2) is 4.79 Å². The average Bonchev–Trinajstić information content (AvgIpc) is 3.37. The van der Waals surface area contributed by atoms with Crippen LogP contribution in [0.1, 0.15) is 17.9 Å². The Labute approximate surface area is 145 Å². The molecule has 0 radical (unpaired) electrons. The van der Waals surface area contributed by atoms with Crippen molar-refractivity contribution < 1.29 is 9.59 Å². The molecule has 2 aromatic carbocycles. The van der Waals surface area contributed by atoms with Gasteiger partial charge in [0, 0.05) is 29.4 Å². The van der Waals surface area contributed by atoms with Crippen LogP contribution >= 0.6 is 11.6 Å². The third-order valence-corrected chi connectivity index (χ3v) is 4.41. The number of hydrogen-bond donors (Lipinski definition) is 3. The topological polar surface area (TPSA) is 70.2 Å². The first-order chi connectivity index (χ1) is 11.6. The van der Waals surface area contributed by atoms with Crippen molar-refractivity contribution >= 4 is 34.9 Å². The van der Waals surface area contributed by atoms with Crippen molar-refractivity contribution in [2.75, 3.05) is 17.7 Å². The van der Waals surface area contributed by atoms with Crippen molar-refractivity contribution in [2.45, 2.75) is 12.3 Å². The van der Waals surface area contributed by atoms with Crippen LogP contribution in [-0.2, 0) is 4.79 Å². The summed E-state index contributed by atoms with van der Waals surface area (Å²) in [6.07, 6.45) is 0.811. The molecule has 1 saturated carbocycles. The molecular formula is C18H18ClN3O2. The van der Waals surface area contributed by atoms with Gasteiger partial charge in [0.1, 0.15) is 0 Å². The van der Waals surface area contributed by atoms with Crippen molar-refractivity contribution in [2.24, 2.45) is 5.92 Å². The summed E-state index contributed by atoms with van der Waals surface area (Å²) in [5.74, 6) is 0.133. The van der Waals surface area contributed by atoms with E-state index < -0.39 is 0 Å². The van der Waals surface area contributed by atoms with E-state index in [0.29, 0.717) is 16.4 Å². The van der Waals surface area contributed by atoms with Crippen LogP contribution in [0.25, 0.3) is 0 Å². The number of rotatable bonds is 4. The molecule has 0 aromatic heterocycles. The van der Waals surface area contributed by atoms with Crippen LogP contribution in [0.2, 0.25) is 5.02 Å². The van der Waals surface area contributed by atoms with Gasteiger partial charge >= 0.3 is 6.03 Å². The van der Waals surface area contributed by atoms with Gasteiger partial charge in [-0.2, -0.15) is 0 Å². The van der Waals surface area contributed by atoms with Crippen LogP contribution in [0.3, 0.4) is 0 Å². The summed E-state index contributed by atoms with van der Waals surface area (Å²) in [6, 6.07) is 14.4. The Kier molecular flexibility index (Phi) is 4.71. The number of hydrogen-bond acceptors (Lipinski definition) is 2.